The molecule has 0 unspecified atom stereocenters. The Labute approximate surface area is 118 Å². The van der Waals surface area contributed by atoms with Gasteiger partial charge in [-0.2, -0.15) is 0 Å². The number of carbonyl (C=O) groups is 1. The molecule has 0 amide bonds. The molecule has 0 heterocycles. The summed E-state index contributed by atoms with van der Waals surface area (Å²) in [7, 11) is -3.75. The van der Waals surface area contributed by atoms with Gasteiger partial charge in [0.1, 0.15) is 0 Å². The quantitative estimate of drug-likeness (QED) is 0.876. The highest BCUT2D eigenvalue weighted by atomic mass is 32.2. The van der Waals surface area contributed by atoms with Crippen molar-refractivity contribution < 1.29 is 13.2 Å². The van der Waals surface area contributed by atoms with E-state index in [4.69, 9.17) is 5.14 Å². The second-order valence-electron chi connectivity index (χ2n) is 4.59. The summed E-state index contributed by atoms with van der Waals surface area (Å²) in [5.41, 5.74) is 2.10. The fourth-order valence-corrected chi connectivity index (χ4v) is 2.82. The van der Waals surface area contributed by atoms with Crippen molar-refractivity contribution in [2.24, 2.45) is 5.14 Å². The van der Waals surface area contributed by atoms with Gasteiger partial charge in [-0.1, -0.05) is 36.4 Å². The van der Waals surface area contributed by atoms with Gasteiger partial charge in [0.15, 0.2) is 5.78 Å². The van der Waals surface area contributed by atoms with Gasteiger partial charge in [0, 0.05) is 5.56 Å². The van der Waals surface area contributed by atoms with Crippen molar-refractivity contribution >= 4 is 15.8 Å². The van der Waals surface area contributed by atoms with Crippen LogP contribution < -0.4 is 5.14 Å². The Balaban J connectivity index is 2.41. The van der Waals surface area contributed by atoms with E-state index in [9.17, 15) is 13.2 Å². The standard InChI is InChI=1S/C15H15NO3S/c1-11(17)13-7-4-5-12(9-13)10-14-6-2-3-8-15(14)20(16,18)19/h2-9H,10H2,1H3,(H2,16,18,19). The predicted octanol–water partition coefficient (Wildman–Crippen LogP) is 2.13. The lowest BCUT2D eigenvalue weighted by Crippen LogP contribution is -2.14. The van der Waals surface area contributed by atoms with E-state index in [2.05, 4.69) is 0 Å². The van der Waals surface area contributed by atoms with Crippen LogP contribution in [0.4, 0.5) is 0 Å². The van der Waals surface area contributed by atoms with Crippen LogP contribution in [0.5, 0.6) is 0 Å². The summed E-state index contributed by atoms with van der Waals surface area (Å²) in [6.45, 7) is 1.50. The zero-order chi connectivity index (χ0) is 14.8. The van der Waals surface area contributed by atoms with Gasteiger partial charge in [0.2, 0.25) is 10.0 Å². The van der Waals surface area contributed by atoms with E-state index in [1.54, 1.807) is 36.4 Å². The Hall–Kier alpha value is -1.98. The Morgan fingerprint density at radius 3 is 2.45 bits per heavy atom. The number of hydrogen-bond donors (Lipinski definition) is 1. The Morgan fingerprint density at radius 2 is 1.80 bits per heavy atom. The predicted molar refractivity (Wildman–Crippen MR) is 77.1 cm³/mol. The molecule has 5 heteroatoms. The fraction of sp³-hybridized carbons (Fsp3) is 0.133. The summed E-state index contributed by atoms with van der Waals surface area (Å²) in [5, 5.41) is 5.21. The third-order valence-electron chi connectivity index (χ3n) is 3.01. The molecule has 0 aliphatic heterocycles. The first-order chi connectivity index (χ1) is 9.38. The van der Waals surface area contributed by atoms with Crippen LogP contribution in [0.1, 0.15) is 28.4 Å². The van der Waals surface area contributed by atoms with Gasteiger partial charge in [-0.3, -0.25) is 4.79 Å². The Bertz CT molecular complexity index is 751. The van der Waals surface area contributed by atoms with Gasteiger partial charge in [-0.15, -0.1) is 0 Å². The van der Waals surface area contributed by atoms with E-state index in [-0.39, 0.29) is 10.7 Å². The summed E-state index contributed by atoms with van der Waals surface area (Å²) in [6, 6.07) is 13.7. The molecule has 0 radical (unpaired) electrons. The molecule has 2 aromatic rings. The van der Waals surface area contributed by atoms with E-state index < -0.39 is 10.0 Å². The maximum absolute atomic E-state index is 11.5. The molecule has 4 nitrogen and oxygen atoms in total. The molecule has 0 aromatic heterocycles. The number of carbonyl (C=O) groups excluding carboxylic acids is 1. The number of nitrogens with two attached hydrogens (primary N) is 1. The third-order valence-corrected chi connectivity index (χ3v) is 4.02. The normalized spacial score (nSPS) is 11.3. The fourth-order valence-electron chi connectivity index (χ4n) is 2.05. The number of benzene rings is 2. The van der Waals surface area contributed by atoms with E-state index in [1.165, 1.54) is 13.0 Å². The minimum absolute atomic E-state index is 0.0217. The van der Waals surface area contributed by atoms with Gasteiger partial charge in [0.25, 0.3) is 0 Å². The van der Waals surface area contributed by atoms with Crippen LogP contribution in [0.15, 0.2) is 53.4 Å². The van der Waals surface area contributed by atoms with Crippen molar-refractivity contribution in [2.45, 2.75) is 18.2 Å². The van der Waals surface area contributed by atoms with E-state index >= 15 is 0 Å². The van der Waals surface area contributed by atoms with Gasteiger partial charge in [0.05, 0.1) is 4.90 Å². The van der Waals surface area contributed by atoms with Crippen LogP contribution in [0.25, 0.3) is 0 Å². The third kappa shape index (κ3) is 3.31. The first-order valence-corrected chi connectivity index (χ1v) is 7.63. The molecular formula is C15H15NO3S. The smallest absolute Gasteiger partial charge is 0.238 e. The number of sulfonamides is 1. The van der Waals surface area contributed by atoms with Gasteiger partial charge in [-0.05, 0) is 36.6 Å². The molecule has 0 aliphatic rings. The van der Waals surface area contributed by atoms with Crippen LogP contribution in [0, 0.1) is 0 Å². The average Bonchev–Trinajstić information content (AvgIpc) is 2.38. The lowest BCUT2D eigenvalue weighted by molar-refractivity contribution is 0.101. The van der Waals surface area contributed by atoms with E-state index in [1.807, 2.05) is 6.07 Å². The number of rotatable bonds is 4. The van der Waals surface area contributed by atoms with Crippen LogP contribution in [-0.2, 0) is 16.4 Å². The topological polar surface area (TPSA) is 77.2 Å². The molecule has 0 saturated heterocycles. The minimum Gasteiger partial charge on any atom is -0.295 e. The summed E-state index contributed by atoms with van der Waals surface area (Å²) in [4.78, 5) is 11.5. The van der Waals surface area contributed by atoms with E-state index in [0.717, 1.165) is 5.56 Å². The van der Waals surface area contributed by atoms with Gasteiger partial charge >= 0.3 is 0 Å². The Kier molecular flexibility index (Phi) is 4.01. The summed E-state index contributed by atoms with van der Waals surface area (Å²) >= 11 is 0. The molecule has 2 N–H and O–H groups in total. The van der Waals surface area contributed by atoms with Crippen molar-refractivity contribution in [1.82, 2.24) is 0 Å². The lowest BCUT2D eigenvalue weighted by atomic mass is 10.0. The first kappa shape index (κ1) is 14.4. The second kappa shape index (κ2) is 5.56. The second-order valence-corrected chi connectivity index (χ2v) is 6.12. The molecule has 0 spiro atoms. The van der Waals surface area contributed by atoms with Crippen molar-refractivity contribution in [1.29, 1.82) is 0 Å². The van der Waals surface area contributed by atoms with Gasteiger partial charge in [-0.25, -0.2) is 13.6 Å². The summed E-state index contributed by atoms with van der Waals surface area (Å²) in [6.07, 6.45) is 0.410. The van der Waals surface area contributed by atoms with Crippen LogP contribution in [-0.4, -0.2) is 14.2 Å². The molecule has 0 bridgehead atoms. The molecular weight excluding hydrogens is 274 g/mol. The van der Waals surface area contributed by atoms with Crippen molar-refractivity contribution in [3.8, 4) is 0 Å². The van der Waals surface area contributed by atoms with Crippen molar-refractivity contribution in [3.05, 3.63) is 65.2 Å². The maximum Gasteiger partial charge on any atom is 0.238 e. The molecule has 104 valence electrons. The number of primary sulfonamides is 1. The summed E-state index contributed by atoms with van der Waals surface area (Å²) in [5.74, 6) is -0.0217. The largest absolute Gasteiger partial charge is 0.295 e. The van der Waals surface area contributed by atoms with Crippen LogP contribution in [0.2, 0.25) is 0 Å². The Morgan fingerprint density at radius 1 is 1.10 bits per heavy atom. The van der Waals surface area contributed by atoms with Crippen molar-refractivity contribution in [3.63, 3.8) is 0 Å². The molecule has 0 aliphatic carbocycles. The molecule has 20 heavy (non-hydrogen) atoms. The minimum atomic E-state index is -3.75. The lowest BCUT2D eigenvalue weighted by Gasteiger charge is -2.08. The highest BCUT2D eigenvalue weighted by Gasteiger charge is 2.13. The monoisotopic (exact) mass is 289 g/mol. The first-order valence-electron chi connectivity index (χ1n) is 6.08. The van der Waals surface area contributed by atoms with Crippen molar-refractivity contribution in [2.75, 3.05) is 0 Å². The molecule has 0 saturated carbocycles. The number of Topliss-reactive ketones (excluding diaryl/α,β-unsaturated/α-hetero) is 1. The average molecular weight is 289 g/mol. The van der Waals surface area contributed by atoms with Crippen LogP contribution in [0.3, 0.4) is 0 Å². The maximum atomic E-state index is 11.5. The zero-order valence-electron chi connectivity index (χ0n) is 11.0. The number of hydrogen-bond acceptors (Lipinski definition) is 3. The molecule has 0 fully saturated rings. The molecule has 2 rings (SSSR count). The van der Waals surface area contributed by atoms with Gasteiger partial charge < -0.3 is 0 Å². The highest BCUT2D eigenvalue weighted by molar-refractivity contribution is 7.89. The number of ketones is 1. The highest BCUT2D eigenvalue weighted by Crippen LogP contribution is 2.18. The molecule has 2 aromatic carbocycles. The SMILES string of the molecule is CC(=O)c1cccc(Cc2ccccc2S(N)(=O)=O)c1. The van der Waals surface area contributed by atoms with E-state index in [0.29, 0.717) is 17.5 Å². The molecule has 0 atom stereocenters. The zero-order valence-corrected chi connectivity index (χ0v) is 11.9. The summed E-state index contributed by atoms with van der Waals surface area (Å²) < 4.78 is 23.1. The van der Waals surface area contributed by atoms with Crippen LogP contribution >= 0.6 is 0 Å².